The van der Waals surface area contributed by atoms with Gasteiger partial charge in [-0.15, -0.1) is 0 Å². The number of carbonyl (C=O) groups is 3. The summed E-state index contributed by atoms with van der Waals surface area (Å²) >= 11 is 1.61. The molecule has 4 heteroatoms. The number of hydrogen-bond donors (Lipinski definition) is 0. The summed E-state index contributed by atoms with van der Waals surface area (Å²) < 4.78 is 1.55. The number of rotatable bonds is 0. The fourth-order valence-corrected chi connectivity index (χ4v) is 1.06. The van der Waals surface area contributed by atoms with E-state index in [4.69, 9.17) is 14.4 Å². The van der Waals surface area contributed by atoms with Crippen LogP contribution in [0, 0.1) is 0 Å². The van der Waals surface area contributed by atoms with Crippen LogP contribution in [-0.4, -0.2) is 20.4 Å². The summed E-state index contributed by atoms with van der Waals surface area (Å²) in [4.78, 5) is 24.0. The van der Waals surface area contributed by atoms with Crippen LogP contribution >= 0.6 is 0 Å². The summed E-state index contributed by atoms with van der Waals surface area (Å²) in [5, 5.41) is 0. The van der Waals surface area contributed by atoms with Crippen molar-refractivity contribution in [3.63, 3.8) is 0 Å². The quantitative estimate of drug-likeness (QED) is 0.660. The van der Waals surface area contributed by atoms with Crippen molar-refractivity contribution in [3.05, 3.63) is 22.2 Å². The Bertz CT molecular complexity index is 144. The molecule has 0 aromatic heterocycles. The van der Waals surface area contributed by atoms with E-state index in [1.807, 2.05) is 20.4 Å². The van der Waals surface area contributed by atoms with Gasteiger partial charge in [0.2, 0.25) is 0 Å². The molecule has 0 spiro atoms. The molecule has 0 heterocycles. The van der Waals surface area contributed by atoms with E-state index in [-0.39, 0.29) is 1.43 Å². The van der Waals surface area contributed by atoms with Crippen LogP contribution in [0.3, 0.4) is 0 Å². The zero-order valence-electron chi connectivity index (χ0n) is 7.69. The van der Waals surface area contributed by atoms with Gasteiger partial charge in [-0.25, -0.2) is 0 Å². The first-order valence-corrected chi connectivity index (χ1v) is 4.25. The molecule has 0 aromatic rings. The van der Waals surface area contributed by atoms with E-state index in [0.717, 1.165) is 0 Å². The van der Waals surface area contributed by atoms with Crippen LogP contribution in [0.5, 0.6) is 0 Å². The van der Waals surface area contributed by atoms with Crippen LogP contribution in [0.4, 0.5) is 0 Å². The molecule has 0 aliphatic heterocycles. The number of hydrogen-bond acceptors (Lipinski definition) is 3. The molecule has 1 aliphatic carbocycles. The first-order valence-electron chi connectivity index (χ1n) is 2.79. The Morgan fingerprint density at radius 3 is 1.67 bits per heavy atom. The monoisotopic (exact) mass is 340 g/mol. The predicted molar refractivity (Wildman–Crippen MR) is 44.3 cm³/mol. The molecule has 0 unspecified atom stereocenters. The molecule has 3 nitrogen and oxygen atoms in total. The molecular weight excluding hydrogens is 328 g/mol. The molecule has 0 aromatic carbocycles. The topological polar surface area (TPSA) is 51.2 Å². The van der Waals surface area contributed by atoms with Crippen LogP contribution < -0.4 is 0 Å². The summed E-state index contributed by atoms with van der Waals surface area (Å²) in [5.41, 5.74) is 0. The summed E-state index contributed by atoms with van der Waals surface area (Å²) in [6.45, 7) is 6.00. The predicted octanol–water partition coefficient (Wildman–Crippen LogP) is 0.935. The first kappa shape index (κ1) is 17.3. The zero-order chi connectivity index (χ0) is 10.4. The summed E-state index contributed by atoms with van der Waals surface area (Å²) in [5.74, 6) is 0. The molecule has 1 aliphatic rings. The molecule has 0 bridgehead atoms. The Hall–Kier alpha value is -0.822. The van der Waals surface area contributed by atoms with Crippen molar-refractivity contribution in [1.82, 2.24) is 0 Å². The summed E-state index contributed by atoms with van der Waals surface area (Å²) in [6.07, 6.45) is 7.68. The van der Waals surface area contributed by atoms with E-state index in [1.54, 1.807) is 23.8 Å². The Morgan fingerprint density at radius 2 is 1.58 bits per heavy atom. The van der Waals surface area contributed by atoms with Gasteiger partial charge in [0.1, 0.15) is 20.4 Å². The van der Waals surface area contributed by atoms with Crippen LogP contribution in [0.1, 0.15) is 7.85 Å². The van der Waals surface area contributed by atoms with Crippen LogP contribution in [0.15, 0.2) is 22.2 Å². The second kappa shape index (κ2) is 22.5. The Kier molecular flexibility index (Phi) is 32.4. The van der Waals surface area contributed by atoms with Crippen molar-refractivity contribution in [2.24, 2.45) is 0 Å². The van der Waals surface area contributed by atoms with Gasteiger partial charge >= 0.3 is 48.4 Å². The zero-order valence-corrected chi connectivity index (χ0v) is 9.63. The molecule has 1 rings (SSSR count). The van der Waals surface area contributed by atoms with Crippen molar-refractivity contribution in [3.8, 4) is 0 Å². The van der Waals surface area contributed by atoms with Gasteiger partial charge in [-0.05, 0) is 0 Å². The third kappa shape index (κ3) is 16.1. The minimum absolute atomic E-state index is 0. The van der Waals surface area contributed by atoms with Crippen molar-refractivity contribution in [2.75, 3.05) is 0 Å². The Balaban J connectivity index is -0.0000000508. The SMILES string of the molecule is C=O.C=O.C=O.[H-].[W+][C]1=CC=CC1. The summed E-state index contributed by atoms with van der Waals surface area (Å²) in [6, 6.07) is 0. The molecular formula is C8H12O3W. The maximum atomic E-state index is 8.00. The van der Waals surface area contributed by atoms with Gasteiger partial charge in [0.15, 0.2) is 0 Å². The maximum absolute atomic E-state index is 8.00. The van der Waals surface area contributed by atoms with E-state index in [1.165, 1.54) is 6.42 Å². The van der Waals surface area contributed by atoms with Crippen molar-refractivity contribution >= 4 is 20.4 Å². The molecule has 68 valence electrons. The van der Waals surface area contributed by atoms with E-state index in [9.17, 15) is 0 Å². The van der Waals surface area contributed by atoms with E-state index in [2.05, 4.69) is 18.2 Å². The van der Waals surface area contributed by atoms with Gasteiger partial charge in [-0.2, -0.15) is 0 Å². The Morgan fingerprint density at radius 1 is 1.17 bits per heavy atom. The van der Waals surface area contributed by atoms with Gasteiger partial charge in [0.05, 0.1) is 0 Å². The first-order chi connectivity index (χ1) is 5.89. The molecule has 0 saturated heterocycles. The average molecular weight is 340 g/mol. The van der Waals surface area contributed by atoms with Gasteiger partial charge in [0, 0.05) is 0 Å². The van der Waals surface area contributed by atoms with Crippen LogP contribution in [0.2, 0.25) is 0 Å². The van der Waals surface area contributed by atoms with Crippen molar-refractivity contribution < 1.29 is 35.6 Å². The summed E-state index contributed by atoms with van der Waals surface area (Å²) in [7, 11) is 0. The van der Waals surface area contributed by atoms with Crippen molar-refractivity contribution in [2.45, 2.75) is 6.42 Å². The van der Waals surface area contributed by atoms with Gasteiger partial charge in [-0.1, -0.05) is 0 Å². The molecule has 0 amide bonds. The van der Waals surface area contributed by atoms with Crippen molar-refractivity contribution in [1.29, 1.82) is 0 Å². The normalized spacial score (nSPS) is 10.2. The number of allylic oxidation sites excluding steroid dienone is 4. The van der Waals surface area contributed by atoms with E-state index in [0.29, 0.717) is 0 Å². The van der Waals surface area contributed by atoms with Gasteiger partial charge in [-0.3, -0.25) is 0 Å². The van der Waals surface area contributed by atoms with E-state index >= 15 is 0 Å². The Labute approximate surface area is 84.9 Å². The minimum atomic E-state index is 0. The van der Waals surface area contributed by atoms with Gasteiger partial charge < -0.3 is 15.8 Å². The molecule has 0 radical (unpaired) electrons. The third-order valence-corrected chi connectivity index (χ3v) is 1.82. The van der Waals surface area contributed by atoms with Crippen LogP contribution in [-0.2, 0) is 34.2 Å². The molecule has 12 heavy (non-hydrogen) atoms. The van der Waals surface area contributed by atoms with E-state index < -0.39 is 0 Å². The van der Waals surface area contributed by atoms with Gasteiger partial charge in [0.25, 0.3) is 0 Å². The average Bonchev–Trinajstić information content (AvgIpc) is 2.66. The second-order valence-electron chi connectivity index (χ2n) is 1.27. The fraction of sp³-hybridized carbons (Fsp3) is 0.125. The number of carbonyl (C=O) groups excluding carboxylic acids is 3. The third-order valence-electron chi connectivity index (χ3n) is 0.737. The second-order valence-corrected chi connectivity index (χ2v) is 3.15. The molecule has 0 N–H and O–H groups in total. The molecule has 0 atom stereocenters. The molecule has 0 saturated carbocycles. The molecule has 0 fully saturated rings. The fourth-order valence-electron chi connectivity index (χ4n) is 0.428. The standard InChI is InChI=1S/C5H5.3CH2O.W.H/c1-2-4-5-3-1;3*1-2;;/h1-3H,4H2;3*1H2;;/q;;;;+1;-1. The van der Waals surface area contributed by atoms with Crippen LogP contribution in [0.25, 0.3) is 0 Å².